The number of hydrogen-bond acceptors (Lipinski definition) is 5. The number of Topliss-reactive ketones (excluding diaryl/α,β-unsaturated/α-hetero) is 1. The SMILES string of the molecule is CC(C)(C)OC(=O)NC(c1ccccc1)C(F)(F)C(=O)c1ccc2c(c1)OCO2. The molecule has 2 aromatic rings. The summed E-state index contributed by atoms with van der Waals surface area (Å²) in [6, 6.07) is 9.45. The number of ketones is 1. The highest BCUT2D eigenvalue weighted by Gasteiger charge is 2.49. The molecule has 8 heteroatoms. The molecule has 6 nitrogen and oxygen atoms in total. The number of halogens is 2. The maximum atomic E-state index is 15.3. The standard InChI is InChI=1S/C21H21F2NO5/c1-20(2,3)29-19(26)24-17(13-7-5-4-6-8-13)21(22,23)18(25)14-9-10-15-16(11-14)28-12-27-15/h4-11,17H,12H2,1-3H3,(H,24,26). The monoisotopic (exact) mass is 405 g/mol. The molecule has 0 aliphatic carbocycles. The van der Waals surface area contributed by atoms with Crippen molar-refractivity contribution in [1.82, 2.24) is 5.32 Å². The van der Waals surface area contributed by atoms with Crippen molar-refractivity contribution in [2.45, 2.75) is 38.3 Å². The number of nitrogens with one attached hydrogen (secondary N) is 1. The van der Waals surface area contributed by atoms with E-state index in [1.807, 2.05) is 0 Å². The summed E-state index contributed by atoms with van der Waals surface area (Å²) >= 11 is 0. The summed E-state index contributed by atoms with van der Waals surface area (Å²) in [6.07, 6.45) is -1.05. The summed E-state index contributed by atoms with van der Waals surface area (Å²) in [5.41, 5.74) is -1.08. The van der Waals surface area contributed by atoms with E-state index in [0.717, 1.165) is 0 Å². The summed E-state index contributed by atoms with van der Waals surface area (Å²) in [5, 5.41) is 2.15. The van der Waals surface area contributed by atoms with Gasteiger partial charge in [0.25, 0.3) is 0 Å². The van der Waals surface area contributed by atoms with Crippen molar-refractivity contribution in [3.63, 3.8) is 0 Å². The predicted octanol–water partition coefficient (Wildman–Crippen LogP) is 4.50. The molecule has 0 spiro atoms. The normalized spacial score (nSPS) is 14.2. The smallest absolute Gasteiger partial charge is 0.408 e. The zero-order valence-electron chi connectivity index (χ0n) is 16.2. The van der Waals surface area contributed by atoms with Crippen molar-refractivity contribution in [3.05, 3.63) is 59.7 Å². The summed E-state index contributed by atoms with van der Waals surface area (Å²) in [6.45, 7) is 4.79. The van der Waals surface area contributed by atoms with E-state index in [-0.39, 0.29) is 23.7 Å². The average Bonchev–Trinajstić information content (AvgIpc) is 3.12. The van der Waals surface area contributed by atoms with Crippen LogP contribution in [0.5, 0.6) is 11.5 Å². The Kier molecular flexibility index (Phi) is 5.46. The van der Waals surface area contributed by atoms with Crippen LogP contribution in [0.15, 0.2) is 48.5 Å². The third kappa shape index (κ3) is 4.64. The summed E-state index contributed by atoms with van der Waals surface area (Å²) in [5.74, 6) is -4.83. The number of benzene rings is 2. The molecule has 0 fully saturated rings. The Morgan fingerprint density at radius 3 is 2.34 bits per heavy atom. The van der Waals surface area contributed by atoms with Crippen LogP contribution in [-0.2, 0) is 4.74 Å². The second kappa shape index (κ2) is 7.69. The van der Waals surface area contributed by atoms with E-state index in [1.165, 1.54) is 30.3 Å². The van der Waals surface area contributed by atoms with Gasteiger partial charge in [-0.15, -0.1) is 0 Å². The van der Waals surface area contributed by atoms with Crippen LogP contribution in [0.4, 0.5) is 13.6 Å². The number of amides is 1. The molecule has 1 aliphatic rings. The maximum absolute atomic E-state index is 15.3. The lowest BCUT2D eigenvalue weighted by Gasteiger charge is -2.28. The lowest BCUT2D eigenvalue weighted by molar-refractivity contribution is -0.0208. The highest BCUT2D eigenvalue weighted by Crippen LogP contribution is 2.38. The van der Waals surface area contributed by atoms with Gasteiger partial charge in [-0.25, -0.2) is 4.79 Å². The Morgan fingerprint density at radius 1 is 1.03 bits per heavy atom. The summed E-state index contributed by atoms with van der Waals surface area (Å²) in [4.78, 5) is 24.9. The van der Waals surface area contributed by atoms with Gasteiger partial charge in [0.1, 0.15) is 11.6 Å². The zero-order valence-corrected chi connectivity index (χ0v) is 16.2. The summed E-state index contributed by atoms with van der Waals surface area (Å²) < 4.78 is 46.0. The van der Waals surface area contributed by atoms with E-state index in [9.17, 15) is 9.59 Å². The largest absolute Gasteiger partial charge is 0.454 e. The molecule has 154 valence electrons. The summed E-state index contributed by atoms with van der Waals surface area (Å²) in [7, 11) is 0. The molecular formula is C21H21F2NO5. The lowest BCUT2D eigenvalue weighted by atomic mass is 9.94. The van der Waals surface area contributed by atoms with Crippen molar-refractivity contribution < 1.29 is 32.6 Å². The molecule has 0 saturated carbocycles. The Bertz CT molecular complexity index is 909. The Labute approximate surface area is 166 Å². The van der Waals surface area contributed by atoms with Crippen LogP contribution < -0.4 is 14.8 Å². The zero-order chi connectivity index (χ0) is 21.2. The van der Waals surface area contributed by atoms with Gasteiger partial charge < -0.3 is 19.5 Å². The number of alkyl carbamates (subject to hydrolysis) is 1. The first-order valence-electron chi connectivity index (χ1n) is 8.94. The fourth-order valence-electron chi connectivity index (χ4n) is 2.82. The minimum Gasteiger partial charge on any atom is -0.454 e. The van der Waals surface area contributed by atoms with Crippen molar-refractivity contribution in [2.75, 3.05) is 6.79 Å². The molecular weight excluding hydrogens is 384 g/mol. The Morgan fingerprint density at radius 2 is 1.69 bits per heavy atom. The lowest BCUT2D eigenvalue weighted by Crippen LogP contribution is -2.47. The van der Waals surface area contributed by atoms with Gasteiger partial charge in [-0.3, -0.25) is 4.79 Å². The first-order chi connectivity index (χ1) is 13.6. The van der Waals surface area contributed by atoms with E-state index in [4.69, 9.17) is 14.2 Å². The number of alkyl halides is 2. The van der Waals surface area contributed by atoms with Crippen LogP contribution in [0.2, 0.25) is 0 Å². The molecule has 0 radical (unpaired) electrons. The molecule has 2 aromatic carbocycles. The number of ether oxygens (including phenoxy) is 3. The number of rotatable bonds is 5. The van der Waals surface area contributed by atoms with Gasteiger partial charge in [0.15, 0.2) is 11.5 Å². The third-order valence-corrected chi connectivity index (χ3v) is 4.09. The molecule has 1 aliphatic heterocycles. The molecule has 0 bridgehead atoms. The van der Waals surface area contributed by atoms with Crippen LogP contribution in [0.1, 0.15) is 42.7 Å². The van der Waals surface area contributed by atoms with Crippen LogP contribution in [0.3, 0.4) is 0 Å². The van der Waals surface area contributed by atoms with Crippen LogP contribution >= 0.6 is 0 Å². The molecule has 1 amide bonds. The number of carbonyl (C=O) groups excluding carboxylic acids is 2. The number of fused-ring (bicyclic) bond motifs is 1. The van der Waals surface area contributed by atoms with Gasteiger partial charge in [0, 0.05) is 5.56 Å². The van der Waals surface area contributed by atoms with Crippen LogP contribution in [-0.4, -0.2) is 30.2 Å². The topological polar surface area (TPSA) is 73.9 Å². The van der Waals surface area contributed by atoms with E-state index < -0.39 is 29.4 Å². The van der Waals surface area contributed by atoms with Gasteiger partial charge in [-0.05, 0) is 44.5 Å². The van der Waals surface area contributed by atoms with Crippen molar-refractivity contribution >= 4 is 11.9 Å². The number of hydrogen-bond donors (Lipinski definition) is 1. The van der Waals surface area contributed by atoms with Gasteiger partial charge in [-0.1, -0.05) is 30.3 Å². The van der Waals surface area contributed by atoms with Crippen molar-refractivity contribution in [2.24, 2.45) is 0 Å². The maximum Gasteiger partial charge on any atom is 0.408 e. The predicted molar refractivity (Wildman–Crippen MR) is 100 cm³/mol. The minimum absolute atomic E-state index is 0.0454. The molecule has 29 heavy (non-hydrogen) atoms. The first kappa shape index (κ1) is 20.6. The first-order valence-corrected chi connectivity index (χ1v) is 8.94. The van der Waals surface area contributed by atoms with E-state index in [2.05, 4.69) is 5.32 Å². The third-order valence-electron chi connectivity index (χ3n) is 4.09. The quantitative estimate of drug-likeness (QED) is 0.742. The van der Waals surface area contributed by atoms with E-state index in [0.29, 0.717) is 5.75 Å². The minimum atomic E-state index is -3.95. The van der Waals surface area contributed by atoms with Gasteiger partial charge >= 0.3 is 12.0 Å². The number of carbonyl (C=O) groups is 2. The Hall–Kier alpha value is -3.16. The second-order valence-corrected chi connectivity index (χ2v) is 7.51. The molecule has 1 heterocycles. The van der Waals surface area contributed by atoms with Crippen LogP contribution in [0, 0.1) is 0 Å². The molecule has 1 N–H and O–H groups in total. The molecule has 3 rings (SSSR count). The Balaban J connectivity index is 1.92. The van der Waals surface area contributed by atoms with E-state index in [1.54, 1.807) is 39.0 Å². The average molecular weight is 405 g/mol. The highest BCUT2D eigenvalue weighted by atomic mass is 19.3. The molecule has 0 saturated heterocycles. The van der Waals surface area contributed by atoms with Gasteiger partial charge in [0.2, 0.25) is 12.6 Å². The van der Waals surface area contributed by atoms with Crippen LogP contribution in [0.25, 0.3) is 0 Å². The van der Waals surface area contributed by atoms with Crippen molar-refractivity contribution in [3.8, 4) is 11.5 Å². The fourth-order valence-corrected chi connectivity index (χ4v) is 2.82. The van der Waals surface area contributed by atoms with Crippen molar-refractivity contribution in [1.29, 1.82) is 0 Å². The molecule has 1 atom stereocenters. The fraction of sp³-hybridized carbons (Fsp3) is 0.333. The molecule has 0 aromatic heterocycles. The second-order valence-electron chi connectivity index (χ2n) is 7.51. The van der Waals surface area contributed by atoms with Gasteiger partial charge in [0.05, 0.1) is 0 Å². The van der Waals surface area contributed by atoms with Gasteiger partial charge in [-0.2, -0.15) is 8.78 Å². The molecule has 1 unspecified atom stereocenters. The highest BCUT2D eigenvalue weighted by molar-refractivity contribution is 6.02. The van der Waals surface area contributed by atoms with E-state index >= 15 is 8.78 Å².